The first-order valence-electron chi connectivity index (χ1n) is 9.88. The lowest BCUT2D eigenvalue weighted by Crippen LogP contribution is -2.31. The summed E-state index contributed by atoms with van der Waals surface area (Å²) in [7, 11) is 1.33. The number of hydrogen-bond donors (Lipinski definition) is 0. The zero-order valence-corrected chi connectivity index (χ0v) is 20.6. The van der Waals surface area contributed by atoms with Crippen LogP contribution in [0.1, 0.15) is 56.1 Å². The summed E-state index contributed by atoms with van der Waals surface area (Å²) in [4.78, 5) is 35.6. The molecular formula is C24H27BrO7. The monoisotopic (exact) mass is 506 g/mol. The van der Waals surface area contributed by atoms with Gasteiger partial charge in [0, 0.05) is 5.33 Å². The van der Waals surface area contributed by atoms with Crippen LogP contribution in [0, 0.1) is 0 Å². The van der Waals surface area contributed by atoms with Gasteiger partial charge in [-0.15, -0.1) is 0 Å². The minimum atomic E-state index is -1.15. The second-order valence-corrected chi connectivity index (χ2v) is 9.06. The van der Waals surface area contributed by atoms with E-state index in [0.717, 1.165) is 22.3 Å². The Hall–Kier alpha value is -2.87. The molecule has 0 radical (unpaired) electrons. The van der Waals surface area contributed by atoms with Crippen LogP contribution in [0.3, 0.4) is 0 Å². The Morgan fingerprint density at radius 3 is 1.94 bits per heavy atom. The second-order valence-electron chi connectivity index (χ2n) is 8.50. The highest BCUT2D eigenvalue weighted by Gasteiger charge is 2.31. The molecule has 0 amide bonds. The van der Waals surface area contributed by atoms with E-state index in [4.69, 9.17) is 14.2 Å². The molecule has 2 rings (SSSR count). The molecule has 0 spiro atoms. The lowest BCUT2D eigenvalue weighted by molar-refractivity contribution is -0.0362. The normalized spacial score (nSPS) is 11.5. The van der Waals surface area contributed by atoms with Crippen LogP contribution < -0.4 is 0 Å². The molecule has 0 heterocycles. The van der Waals surface area contributed by atoms with Crippen molar-refractivity contribution in [2.24, 2.45) is 0 Å². The lowest BCUT2D eigenvalue weighted by atomic mass is 9.90. The summed E-state index contributed by atoms with van der Waals surface area (Å²) in [5.74, 6) is -0.412. The van der Waals surface area contributed by atoms with Crippen molar-refractivity contribution in [3.05, 3.63) is 59.2 Å². The smallest absolute Gasteiger partial charge is 0.465 e. The van der Waals surface area contributed by atoms with Crippen LogP contribution in [0.4, 0.5) is 9.59 Å². The van der Waals surface area contributed by atoms with Gasteiger partial charge in [-0.3, -0.25) is 0 Å². The number of benzene rings is 2. The summed E-state index contributed by atoms with van der Waals surface area (Å²) < 4.78 is 19.8. The minimum absolute atomic E-state index is 0.412. The molecule has 2 aromatic rings. The number of alkyl halides is 1. The highest BCUT2D eigenvalue weighted by atomic mass is 79.9. The van der Waals surface area contributed by atoms with E-state index in [0.29, 0.717) is 10.9 Å². The molecule has 2 aromatic carbocycles. The van der Waals surface area contributed by atoms with Gasteiger partial charge < -0.3 is 18.9 Å². The molecule has 172 valence electrons. The average molecular weight is 507 g/mol. The van der Waals surface area contributed by atoms with Crippen molar-refractivity contribution in [2.45, 2.75) is 51.2 Å². The van der Waals surface area contributed by atoms with E-state index in [1.165, 1.54) is 7.11 Å². The van der Waals surface area contributed by atoms with Gasteiger partial charge in [0.1, 0.15) is 11.2 Å². The Bertz CT molecular complexity index is 988. The molecule has 32 heavy (non-hydrogen) atoms. The molecule has 0 aliphatic rings. The van der Waals surface area contributed by atoms with Crippen LogP contribution in [0.25, 0.3) is 11.1 Å². The zero-order valence-electron chi connectivity index (χ0n) is 19.0. The number of esters is 1. The SMILES string of the molecule is COC(=O)c1ccc(-c2ccc(CBr)c(C(C)(C)OC(=O)OC(=O)OC(C)(C)C)c2)cc1. The van der Waals surface area contributed by atoms with Gasteiger partial charge in [-0.25, -0.2) is 14.4 Å². The zero-order chi connectivity index (χ0) is 24.1. The number of ether oxygens (including phenoxy) is 4. The van der Waals surface area contributed by atoms with E-state index in [1.54, 1.807) is 46.8 Å². The van der Waals surface area contributed by atoms with Crippen LogP contribution in [-0.4, -0.2) is 31.0 Å². The molecule has 7 nitrogen and oxygen atoms in total. The summed E-state index contributed by atoms with van der Waals surface area (Å²) in [6.07, 6.45) is -2.28. The maximum absolute atomic E-state index is 12.2. The van der Waals surface area contributed by atoms with Gasteiger partial charge in [0.25, 0.3) is 0 Å². The van der Waals surface area contributed by atoms with Crippen LogP contribution >= 0.6 is 15.9 Å². The molecule has 0 saturated carbocycles. The molecule has 0 aliphatic heterocycles. The van der Waals surface area contributed by atoms with Crippen molar-refractivity contribution >= 4 is 34.2 Å². The molecule has 0 saturated heterocycles. The first-order valence-corrected chi connectivity index (χ1v) is 11.0. The van der Waals surface area contributed by atoms with Gasteiger partial charge in [0.15, 0.2) is 0 Å². The fourth-order valence-corrected chi connectivity index (χ4v) is 3.46. The molecule has 0 aromatic heterocycles. The van der Waals surface area contributed by atoms with Crippen molar-refractivity contribution in [3.63, 3.8) is 0 Å². The Labute approximate surface area is 196 Å². The van der Waals surface area contributed by atoms with Crippen LogP contribution in [0.5, 0.6) is 0 Å². The average Bonchev–Trinajstić information content (AvgIpc) is 2.70. The summed E-state index contributed by atoms with van der Waals surface area (Å²) in [5, 5.41) is 0.526. The van der Waals surface area contributed by atoms with E-state index in [2.05, 4.69) is 20.7 Å². The third-order valence-corrected chi connectivity index (χ3v) is 5.04. The molecule has 0 aliphatic carbocycles. The number of carbonyl (C=O) groups is 3. The van der Waals surface area contributed by atoms with E-state index >= 15 is 0 Å². The van der Waals surface area contributed by atoms with Crippen molar-refractivity contribution in [1.82, 2.24) is 0 Å². The number of rotatable bonds is 5. The maximum atomic E-state index is 12.2. The third-order valence-electron chi connectivity index (χ3n) is 4.44. The van der Waals surface area contributed by atoms with E-state index in [-0.39, 0.29) is 0 Å². The van der Waals surface area contributed by atoms with Gasteiger partial charge in [0.05, 0.1) is 12.7 Å². The second kappa shape index (κ2) is 10.2. The van der Waals surface area contributed by atoms with E-state index in [9.17, 15) is 14.4 Å². The quantitative estimate of drug-likeness (QED) is 0.201. The molecular weight excluding hydrogens is 480 g/mol. The number of carbonyl (C=O) groups excluding carboxylic acids is 3. The Balaban J connectivity index is 2.27. The van der Waals surface area contributed by atoms with Crippen molar-refractivity contribution in [3.8, 4) is 11.1 Å². The summed E-state index contributed by atoms with van der Waals surface area (Å²) in [5.41, 5.74) is 1.89. The number of methoxy groups -OCH3 is 1. The third kappa shape index (κ3) is 6.82. The predicted molar refractivity (Wildman–Crippen MR) is 123 cm³/mol. The Morgan fingerprint density at radius 1 is 0.844 bits per heavy atom. The first kappa shape index (κ1) is 25.4. The Kier molecular flexibility index (Phi) is 8.07. The lowest BCUT2D eigenvalue weighted by Gasteiger charge is -2.28. The molecule has 0 N–H and O–H groups in total. The molecule has 0 bridgehead atoms. The summed E-state index contributed by atoms with van der Waals surface area (Å²) in [6.45, 7) is 8.39. The van der Waals surface area contributed by atoms with Gasteiger partial charge in [0.2, 0.25) is 0 Å². The predicted octanol–water partition coefficient (Wildman–Crippen LogP) is 6.36. The number of hydrogen-bond acceptors (Lipinski definition) is 7. The maximum Gasteiger partial charge on any atom is 0.519 e. The van der Waals surface area contributed by atoms with Gasteiger partial charge >= 0.3 is 18.3 Å². The largest absolute Gasteiger partial charge is 0.519 e. The molecule has 8 heteroatoms. The van der Waals surface area contributed by atoms with Gasteiger partial charge in [-0.1, -0.05) is 40.2 Å². The van der Waals surface area contributed by atoms with Gasteiger partial charge in [-0.05, 0) is 75.1 Å². The topological polar surface area (TPSA) is 88.1 Å². The summed E-state index contributed by atoms with van der Waals surface area (Å²) in [6, 6.07) is 12.7. The highest BCUT2D eigenvalue weighted by molar-refractivity contribution is 9.08. The summed E-state index contributed by atoms with van der Waals surface area (Å²) >= 11 is 3.46. The molecule has 0 fully saturated rings. The fraction of sp³-hybridized carbons (Fsp3) is 0.375. The van der Waals surface area contributed by atoms with E-state index < -0.39 is 29.5 Å². The van der Waals surface area contributed by atoms with Crippen LogP contribution in [0.15, 0.2) is 42.5 Å². The number of halogens is 1. The van der Waals surface area contributed by atoms with Gasteiger partial charge in [-0.2, -0.15) is 0 Å². The Morgan fingerprint density at radius 2 is 1.41 bits per heavy atom. The van der Waals surface area contributed by atoms with Crippen molar-refractivity contribution < 1.29 is 33.3 Å². The highest BCUT2D eigenvalue weighted by Crippen LogP contribution is 2.33. The van der Waals surface area contributed by atoms with Crippen molar-refractivity contribution in [2.75, 3.05) is 7.11 Å². The fourth-order valence-electron chi connectivity index (χ4n) is 2.97. The van der Waals surface area contributed by atoms with Crippen LogP contribution in [0.2, 0.25) is 0 Å². The standard InChI is InChI=1S/C24H27BrO7/c1-23(2,3)31-21(27)30-22(28)32-24(4,5)19-13-17(11-12-18(19)14-25)15-7-9-16(10-8-15)20(26)29-6/h7-13H,14H2,1-6H3. The molecule has 0 unspecified atom stereocenters. The first-order chi connectivity index (χ1) is 14.9. The van der Waals surface area contributed by atoms with Crippen LogP contribution in [-0.2, 0) is 29.9 Å². The van der Waals surface area contributed by atoms with Crippen molar-refractivity contribution in [1.29, 1.82) is 0 Å². The minimum Gasteiger partial charge on any atom is -0.465 e. The van der Waals surface area contributed by atoms with E-state index in [1.807, 2.05) is 30.3 Å². The molecule has 0 atom stereocenters.